The first-order valence-electron chi connectivity index (χ1n) is 5.30. The molecule has 5 nitrogen and oxygen atoms in total. The average molecular weight is 245 g/mol. The standard InChI is InChI=1S/C10H15NO4S/c1-10(3-2-4-15-10)9(14)11-6-16-5-7(11)8(12)13/h7H,2-6H2,1H3,(H,12,13)/t7-,10?/m0/s1. The Morgan fingerprint density at radius 1 is 1.56 bits per heavy atom. The highest BCUT2D eigenvalue weighted by Gasteiger charge is 2.45. The Morgan fingerprint density at radius 3 is 2.88 bits per heavy atom. The molecule has 1 N–H and O–H groups in total. The molecule has 6 heteroatoms. The number of carboxylic acids is 1. The fourth-order valence-electron chi connectivity index (χ4n) is 2.10. The molecule has 0 aromatic rings. The van der Waals surface area contributed by atoms with Gasteiger partial charge in [-0.25, -0.2) is 4.79 Å². The zero-order valence-corrected chi connectivity index (χ0v) is 9.96. The van der Waals surface area contributed by atoms with E-state index < -0.39 is 17.6 Å². The van der Waals surface area contributed by atoms with Crippen molar-refractivity contribution in [3.05, 3.63) is 0 Å². The molecular formula is C10H15NO4S. The molecule has 1 amide bonds. The van der Waals surface area contributed by atoms with Crippen LogP contribution in [0.1, 0.15) is 19.8 Å². The van der Waals surface area contributed by atoms with Crippen molar-refractivity contribution in [2.75, 3.05) is 18.2 Å². The minimum atomic E-state index is -0.931. The van der Waals surface area contributed by atoms with Crippen LogP contribution in [0.2, 0.25) is 0 Å². The molecule has 2 fully saturated rings. The first-order chi connectivity index (χ1) is 7.54. The van der Waals surface area contributed by atoms with Crippen LogP contribution in [0, 0.1) is 0 Å². The van der Waals surface area contributed by atoms with Crippen molar-refractivity contribution in [1.82, 2.24) is 4.90 Å². The second-order valence-corrected chi connectivity index (χ2v) is 5.31. The Balaban J connectivity index is 2.12. The molecular weight excluding hydrogens is 230 g/mol. The lowest BCUT2D eigenvalue weighted by atomic mass is 10.0. The molecule has 2 rings (SSSR count). The Bertz CT molecular complexity index is 314. The first kappa shape index (κ1) is 11.7. The third-order valence-electron chi connectivity index (χ3n) is 3.10. The highest BCUT2D eigenvalue weighted by atomic mass is 32.2. The van der Waals surface area contributed by atoms with Gasteiger partial charge in [0.15, 0.2) is 0 Å². The second-order valence-electron chi connectivity index (χ2n) is 4.31. The number of hydrogen-bond acceptors (Lipinski definition) is 4. The fourth-order valence-corrected chi connectivity index (χ4v) is 3.24. The number of carboxylic acid groups (broad SMARTS) is 1. The lowest BCUT2D eigenvalue weighted by molar-refractivity contribution is -0.158. The Hall–Kier alpha value is -0.750. The second kappa shape index (κ2) is 4.25. The van der Waals surface area contributed by atoms with Crippen molar-refractivity contribution in [3.63, 3.8) is 0 Å². The molecule has 0 saturated carbocycles. The minimum absolute atomic E-state index is 0.178. The van der Waals surface area contributed by atoms with Crippen LogP contribution in [0.3, 0.4) is 0 Å². The number of thioether (sulfide) groups is 1. The first-order valence-corrected chi connectivity index (χ1v) is 6.46. The molecule has 1 unspecified atom stereocenters. The lowest BCUT2D eigenvalue weighted by Gasteiger charge is -2.29. The summed E-state index contributed by atoms with van der Waals surface area (Å²) in [5, 5.41) is 9.01. The van der Waals surface area contributed by atoms with Crippen molar-refractivity contribution in [1.29, 1.82) is 0 Å². The van der Waals surface area contributed by atoms with Gasteiger partial charge in [-0.15, -0.1) is 11.8 Å². The van der Waals surface area contributed by atoms with Crippen LogP contribution < -0.4 is 0 Å². The van der Waals surface area contributed by atoms with Gasteiger partial charge in [0.25, 0.3) is 5.91 Å². The summed E-state index contributed by atoms with van der Waals surface area (Å²) in [5.74, 6) is -0.186. The topological polar surface area (TPSA) is 66.8 Å². The summed E-state index contributed by atoms with van der Waals surface area (Å²) in [6.07, 6.45) is 1.54. The Kier molecular flexibility index (Phi) is 3.12. The maximum atomic E-state index is 12.2. The van der Waals surface area contributed by atoms with Crippen LogP contribution >= 0.6 is 11.8 Å². The number of carbonyl (C=O) groups excluding carboxylic acids is 1. The van der Waals surface area contributed by atoms with Gasteiger partial charge in [0.1, 0.15) is 11.6 Å². The third-order valence-corrected chi connectivity index (χ3v) is 4.11. The summed E-state index contributed by atoms with van der Waals surface area (Å²) in [7, 11) is 0. The van der Waals surface area contributed by atoms with E-state index in [4.69, 9.17) is 9.84 Å². The minimum Gasteiger partial charge on any atom is -0.480 e. The van der Waals surface area contributed by atoms with E-state index in [9.17, 15) is 9.59 Å². The zero-order valence-electron chi connectivity index (χ0n) is 9.14. The van der Waals surface area contributed by atoms with Crippen molar-refractivity contribution < 1.29 is 19.4 Å². The summed E-state index contributed by atoms with van der Waals surface area (Å²) in [6.45, 7) is 2.34. The Labute approximate surface area is 98.1 Å². The molecule has 0 aromatic carbocycles. The molecule has 0 bridgehead atoms. The number of carbonyl (C=O) groups is 2. The van der Waals surface area contributed by atoms with E-state index in [-0.39, 0.29) is 5.91 Å². The van der Waals surface area contributed by atoms with Crippen molar-refractivity contribution in [2.24, 2.45) is 0 Å². The van der Waals surface area contributed by atoms with E-state index in [0.717, 1.165) is 6.42 Å². The Morgan fingerprint density at radius 2 is 2.31 bits per heavy atom. The van der Waals surface area contributed by atoms with Crippen LogP contribution in [0.4, 0.5) is 0 Å². The molecule has 0 spiro atoms. The summed E-state index contributed by atoms with van der Waals surface area (Å²) in [6, 6.07) is -0.696. The van der Waals surface area contributed by atoms with E-state index in [1.165, 1.54) is 16.7 Å². The van der Waals surface area contributed by atoms with E-state index in [1.54, 1.807) is 6.92 Å². The van der Waals surface area contributed by atoms with Gasteiger partial charge in [0.05, 0.1) is 5.88 Å². The van der Waals surface area contributed by atoms with Crippen LogP contribution in [-0.2, 0) is 14.3 Å². The van der Waals surface area contributed by atoms with Gasteiger partial charge in [-0.3, -0.25) is 4.79 Å². The van der Waals surface area contributed by atoms with Gasteiger partial charge in [-0.2, -0.15) is 0 Å². The molecule has 2 aliphatic heterocycles. The molecule has 0 aromatic heterocycles. The highest BCUT2D eigenvalue weighted by Crippen LogP contribution is 2.31. The van der Waals surface area contributed by atoms with E-state index >= 15 is 0 Å². The summed E-state index contributed by atoms with van der Waals surface area (Å²) >= 11 is 1.47. The predicted octanol–water partition coefficient (Wildman–Crippen LogP) is 0.542. The summed E-state index contributed by atoms with van der Waals surface area (Å²) in [4.78, 5) is 24.6. The largest absolute Gasteiger partial charge is 0.480 e. The van der Waals surface area contributed by atoms with Crippen molar-refractivity contribution in [2.45, 2.75) is 31.4 Å². The van der Waals surface area contributed by atoms with Crippen LogP contribution in [0.5, 0.6) is 0 Å². The molecule has 2 heterocycles. The van der Waals surface area contributed by atoms with Crippen molar-refractivity contribution in [3.8, 4) is 0 Å². The average Bonchev–Trinajstić information content (AvgIpc) is 2.85. The van der Waals surface area contributed by atoms with E-state index in [1.807, 2.05) is 0 Å². The predicted molar refractivity (Wildman–Crippen MR) is 59.2 cm³/mol. The van der Waals surface area contributed by atoms with E-state index in [0.29, 0.717) is 24.7 Å². The van der Waals surface area contributed by atoms with Gasteiger partial charge in [0, 0.05) is 12.4 Å². The fraction of sp³-hybridized carbons (Fsp3) is 0.800. The van der Waals surface area contributed by atoms with Crippen molar-refractivity contribution >= 4 is 23.6 Å². The molecule has 16 heavy (non-hydrogen) atoms. The third kappa shape index (κ3) is 1.91. The SMILES string of the molecule is CC1(C(=O)N2CSC[C@H]2C(=O)O)CCCO1. The number of hydrogen-bond donors (Lipinski definition) is 1. The monoisotopic (exact) mass is 245 g/mol. The quantitative estimate of drug-likeness (QED) is 0.769. The van der Waals surface area contributed by atoms with Gasteiger partial charge in [0.2, 0.25) is 0 Å². The molecule has 2 atom stereocenters. The van der Waals surface area contributed by atoms with Crippen LogP contribution in [0.25, 0.3) is 0 Å². The summed E-state index contributed by atoms with van der Waals surface area (Å²) < 4.78 is 5.45. The maximum Gasteiger partial charge on any atom is 0.327 e. The van der Waals surface area contributed by atoms with Crippen LogP contribution in [-0.4, -0.2) is 51.8 Å². The molecule has 90 valence electrons. The number of nitrogens with zero attached hydrogens (tertiary/aromatic N) is 1. The van der Waals surface area contributed by atoms with Gasteiger partial charge >= 0.3 is 5.97 Å². The smallest absolute Gasteiger partial charge is 0.327 e. The number of rotatable bonds is 2. The lowest BCUT2D eigenvalue weighted by Crippen LogP contribution is -2.51. The number of amides is 1. The van der Waals surface area contributed by atoms with Crippen LogP contribution in [0.15, 0.2) is 0 Å². The summed E-state index contributed by atoms with van der Waals surface area (Å²) in [5.41, 5.74) is -0.807. The molecule has 0 aliphatic carbocycles. The van der Waals surface area contributed by atoms with Gasteiger partial charge < -0.3 is 14.7 Å². The number of aliphatic carboxylic acids is 1. The van der Waals surface area contributed by atoms with Gasteiger partial charge in [-0.05, 0) is 19.8 Å². The van der Waals surface area contributed by atoms with E-state index in [2.05, 4.69) is 0 Å². The maximum absolute atomic E-state index is 12.2. The molecule has 2 saturated heterocycles. The molecule has 0 radical (unpaired) electrons. The highest BCUT2D eigenvalue weighted by molar-refractivity contribution is 7.99. The normalized spacial score (nSPS) is 34.3. The number of ether oxygens (including phenoxy) is 1. The zero-order chi connectivity index (χ0) is 11.8. The van der Waals surface area contributed by atoms with Gasteiger partial charge in [-0.1, -0.05) is 0 Å². The molecule has 2 aliphatic rings.